The van der Waals surface area contributed by atoms with Crippen molar-refractivity contribution in [3.63, 3.8) is 0 Å². The van der Waals surface area contributed by atoms with Gasteiger partial charge in [0.2, 0.25) is 11.8 Å². The van der Waals surface area contributed by atoms with Crippen molar-refractivity contribution in [2.45, 2.75) is 59.4 Å². The molecule has 0 spiro atoms. The third-order valence-corrected chi connectivity index (χ3v) is 5.27. The van der Waals surface area contributed by atoms with Crippen LogP contribution in [-0.2, 0) is 20.9 Å². The number of carbonyl (C=O) groups is 3. The fourth-order valence-corrected chi connectivity index (χ4v) is 3.55. The lowest BCUT2D eigenvalue weighted by molar-refractivity contribution is -0.127. The smallest absolute Gasteiger partial charge is 0.411 e. The van der Waals surface area contributed by atoms with E-state index >= 15 is 0 Å². The molecule has 1 fully saturated rings. The first-order valence-electron chi connectivity index (χ1n) is 10.9. The van der Waals surface area contributed by atoms with Crippen molar-refractivity contribution < 1.29 is 19.1 Å². The number of nitrogens with one attached hydrogen (secondary N) is 2. The predicted molar refractivity (Wildman–Crippen MR) is 123 cm³/mol. The normalized spacial score (nSPS) is 18.1. The molecule has 0 radical (unpaired) electrons. The topological polar surface area (TPSA) is 87.7 Å². The van der Waals surface area contributed by atoms with Crippen molar-refractivity contribution in [2.75, 3.05) is 5.32 Å². The molecule has 1 aliphatic heterocycles. The highest BCUT2D eigenvalue weighted by molar-refractivity contribution is 5.92. The summed E-state index contributed by atoms with van der Waals surface area (Å²) >= 11 is 0. The summed E-state index contributed by atoms with van der Waals surface area (Å²) in [6.45, 7) is 9.62. The molecule has 1 aliphatic rings. The lowest BCUT2D eigenvalue weighted by Gasteiger charge is -2.25. The van der Waals surface area contributed by atoms with Gasteiger partial charge in [0.15, 0.2) is 12.1 Å². The highest BCUT2D eigenvalue weighted by atomic mass is 16.6. The zero-order valence-electron chi connectivity index (χ0n) is 19.2. The molecule has 2 aromatic rings. The van der Waals surface area contributed by atoms with Crippen LogP contribution in [0.25, 0.3) is 0 Å². The molecule has 2 N–H and O–H groups in total. The lowest BCUT2D eigenvalue weighted by atomic mass is 9.99. The Bertz CT molecular complexity index is 985. The molecule has 32 heavy (non-hydrogen) atoms. The van der Waals surface area contributed by atoms with Crippen LogP contribution in [0, 0.1) is 12.8 Å². The summed E-state index contributed by atoms with van der Waals surface area (Å²) in [4.78, 5) is 39.5. The maximum absolute atomic E-state index is 13.1. The summed E-state index contributed by atoms with van der Waals surface area (Å²) in [5.74, 6) is -0.558. The molecule has 0 unspecified atom stereocenters. The maximum Gasteiger partial charge on any atom is 0.411 e. The molecule has 170 valence electrons. The molecule has 0 bridgehead atoms. The van der Waals surface area contributed by atoms with E-state index in [1.54, 1.807) is 24.3 Å². The highest BCUT2D eigenvalue weighted by Crippen LogP contribution is 2.35. The van der Waals surface area contributed by atoms with Crippen molar-refractivity contribution >= 4 is 23.6 Å². The van der Waals surface area contributed by atoms with Crippen LogP contribution in [0.4, 0.5) is 10.5 Å². The van der Waals surface area contributed by atoms with Gasteiger partial charge in [0.05, 0.1) is 6.54 Å². The Balaban J connectivity index is 1.91. The Morgan fingerprint density at radius 3 is 2.38 bits per heavy atom. The number of ether oxygens (including phenoxy) is 1. The second-order valence-corrected chi connectivity index (χ2v) is 8.80. The van der Waals surface area contributed by atoms with E-state index in [1.807, 2.05) is 58.9 Å². The summed E-state index contributed by atoms with van der Waals surface area (Å²) in [5.41, 5.74) is 3.27. The van der Waals surface area contributed by atoms with E-state index in [4.69, 9.17) is 4.74 Å². The fourth-order valence-electron chi connectivity index (χ4n) is 3.55. The largest absolute Gasteiger partial charge is 0.438 e. The van der Waals surface area contributed by atoms with Gasteiger partial charge in [-0.1, -0.05) is 55.8 Å². The minimum Gasteiger partial charge on any atom is -0.438 e. The average molecular weight is 438 g/mol. The first kappa shape index (κ1) is 23.3. The van der Waals surface area contributed by atoms with E-state index in [-0.39, 0.29) is 30.3 Å². The van der Waals surface area contributed by atoms with Gasteiger partial charge in [-0.15, -0.1) is 0 Å². The third kappa shape index (κ3) is 5.46. The van der Waals surface area contributed by atoms with Crippen LogP contribution >= 0.6 is 0 Å². The van der Waals surface area contributed by atoms with Crippen LogP contribution in [0.3, 0.4) is 0 Å². The van der Waals surface area contributed by atoms with Gasteiger partial charge in [-0.05, 0) is 44.0 Å². The van der Waals surface area contributed by atoms with Gasteiger partial charge < -0.3 is 15.4 Å². The number of carbonyl (C=O) groups excluding carboxylic acids is 3. The first-order valence-corrected chi connectivity index (χ1v) is 10.9. The van der Waals surface area contributed by atoms with Crippen molar-refractivity contribution in [3.8, 4) is 0 Å². The monoisotopic (exact) mass is 437 g/mol. The van der Waals surface area contributed by atoms with E-state index < -0.39 is 18.2 Å². The molecule has 3 amide bonds. The van der Waals surface area contributed by atoms with Crippen LogP contribution in [0.1, 0.15) is 50.5 Å². The van der Waals surface area contributed by atoms with Gasteiger partial charge in [-0.2, -0.15) is 0 Å². The molecule has 7 nitrogen and oxygen atoms in total. The Morgan fingerprint density at radius 1 is 1.06 bits per heavy atom. The summed E-state index contributed by atoms with van der Waals surface area (Å²) in [5, 5.41) is 5.76. The van der Waals surface area contributed by atoms with Crippen molar-refractivity contribution in [1.82, 2.24) is 10.2 Å². The second kappa shape index (κ2) is 9.85. The predicted octanol–water partition coefficient (Wildman–Crippen LogP) is 4.18. The Hall–Kier alpha value is -3.35. The Labute approximate surface area is 189 Å². The van der Waals surface area contributed by atoms with Crippen LogP contribution < -0.4 is 10.6 Å². The lowest BCUT2D eigenvalue weighted by Crippen LogP contribution is -2.48. The van der Waals surface area contributed by atoms with E-state index in [1.165, 1.54) is 4.90 Å². The van der Waals surface area contributed by atoms with Gasteiger partial charge in [0.1, 0.15) is 0 Å². The first-order chi connectivity index (χ1) is 15.2. The maximum atomic E-state index is 13.1. The Morgan fingerprint density at radius 2 is 1.75 bits per heavy atom. The number of aryl methyl sites for hydroxylation is 1. The zero-order valence-corrected chi connectivity index (χ0v) is 19.2. The van der Waals surface area contributed by atoms with Crippen molar-refractivity contribution in [3.05, 3.63) is 65.2 Å². The van der Waals surface area contributed by atoms with Crippen molar-refractivity contribution in [1.29, 1.82) is 0 Å². The molecule has 3 rings (SSSR count). The molecule has 2 atom stereocenters. The number of nitrogens with zero attached hydrogens (tertiary/aromatic N) is 1. The van der Waals surface area contributed by atoms with Gasteiger partial charge >= 0.3 is 6.09 Å². The zero-order chi connectivity index (χ0) is 23.4. The molecule has 7 heteroatoms. The molecule has 1 saturated heterocycles. The SMILES string of the molecule is Cc1ccc(CN2C(=O)O[C@H](c3cccc(NC(=O)C(C)C)c3)[C@@H]2C(=O)NC(C)C)cc1. The minimum atomic E-state index is -0.831. The molecule has 1 heterocycles. The van der Waals surface area contributed by atoms with Gasteiger partial charge in [-0.3, -0.25) is 14.5 Å². The summed E-state index contributed by atoms with van der Waals surface area (Å²) in [7, 11) is 0. The van der Waals surface area contributed by atoms with Gasteiger partial charge in [-0.25, -0.2) is 4.79 Å². The number of amides is 3. The third-order valence-electron chi connectivity index (χ3n) is 5.27. The molecule has 0 aliphatic carbocycles. The Kier molecular flexibility index (Phi) is 7.18. The number of rotatable bonds is 7. The van der Waals surface area contributed by atoms with E-state index in [0.717, 1.165) is 11.1 Å². The minimum absolute atomic E-state index is 0.0864. The van der Waals surface area contributed by atoms with Crippen LogP contribution in [-0.4, -0.2) is 34.9 Å². The molecular formula is C25H31N3O4. The summed E-state index contributed by atoms with van der Waals surface area (Å²) < 4.78 is 5.69. The molecule has 0 saturated carbocycles. The fraction of sp³-hybridized carbons (Fsp3) is 0.400. The van der Waals surface area contributed by atoms with E-state index in [9.17, 15) is 14.4 Å². The van der Waals surface area contributed by atoms with Crippen LogP contribution in [0.2, 0.25) is 0 Å². The van der Waals surface area contributed by atoms with Gasteiger partial charge in [0, 0.05) is 17.6 Å². The van der Waals surface area contributed by atoms with Crippen LogP contribution in [0.15, 0.2) is 48.5 Å². The highest BCUT2D eigenvalue weighted by Gasteiger charge is 2.47. The van der Waals surface area contributed by atoms with Crippen molar-refractivity contribution in [2.24, 2.45) is 5.92 Å². The standard InChI is InChI=1S/C25H31N3O4/c1-15(2)23(29)27-20-8-6-7-19(13-20)22-21(24(30)26-16(3)4)28(25(31)32-22)14-18-11-9-17(5)10-12-18/h6-13,15-16,21-22H,14H2,1-5H3,(H,26,30)(H,27,29)/t21-,22-/m1/s1. The van der Waals surface area contributed by atoms with Crippen LogP contribution in [0.5, 0.6) is 0 Å². The summed E-state index contributed by atoms with van der Waals surface area (Å²) in [6.07, 6.45) is -1.33. The number of hydrogen-bond acceptors (Lipinski definition) is 4. The summed E-state index contributed by atoms with van der Waals surface area (Å²) in [6, 6.07) is 14.0. The number of hydrogen-bond donors (Lipinski definition) is 2. The number of cyclic esters (lactones) is 1. The van der Waals surface area contributed by atoms with E-state index in [0.29, 0.717) is 11.3 Å². The molecular weight excluding hydrogens is 406 g/mol. The second-order valence-electron chi connectivity index (χ2n) is 8.80. The number of anilines is 1. The average Bonchev–Trinajstić information content (AvgIpc) is 3.05. The number of benzene rings is 2. The molecule has 2 aromatic carbocycles. The van der Waals surface area contributed by atoms with E-state index in [2.05, 4.69) is 10.6 Å². The molecule has 0 aromatic heterocycles. The quantitative estimate of drug-likeness (QED) is 0.680. The van der Waals surface area contributed by atoms with Gasteiger partial charge in [0.25, 0.3) is 0 Å².